The number of carbonyl (C=O) groups is 2. The Morgan fingerprint density at radius 3 is 2.27 bits per heavy atom. The summed E-state index contributed by atoms with van der Waals surface area (Å²) in [6, 6.07) is 0. The fourth-order valence-corrected chi connectivity index (χ4v) is 2.06. The van der Waals surface area contributed by atoms with E-state index in [0.717, 1.165) is 19.3 Å². The molecule has 1 spiro atoms. The summed E-state index contributed by atoms with van der Waals surface area (Å²) in [5.41, 5.74) is -0.810. The Morgan fingerprint density at radius 2 is 1.93 bits per heavy atom. The number of rotatable bonds is 3. The van der Waals surface area contributed by atoms with Crippen molar-refractivity contribution in [1.29, 1.82) is 0 Å². The summed E-state index contributed by atoms with van der Waals surface area (Å²) in [6.45, 7) is 3.13. The van der Waals surface area contributed by atoms with Crippen LogP contribution < -0.4 is 0 Å². The molecule has 1 atom stereocenters. The van der Waals surface area contributed by atoms with Gasteiger partial charge in [0.25, 0.3) is 0 Å². The molecule has 4 nitrogen and oxygen atoms in total. The molecule has 15 heavy (non-hydrogen) atoms. The molecule has 2 aliphatic rings. The van der Waals surface area contributed by atoms with Crippen molar-refractivity contribution in [2.45, 2.75) is 38.6 Å². The third-order valence-corrected chi connectivity index (χ3v) is 4.07. The number of aliphatic carboxylic acids is 1. The van der Waals surface area contributed by atoms with Gasteiger partial charge in [-0.25, -0.2) is 4.79 Å². The lowest BCUT2D eigenvalue weighted by Gasteiger charge is -2.31. The maximum absolute atomic E-state index is 12.0. The molecule has 2 rings (SSSR count). The van der Waals surface area contributed by atoms with E-state index in [2.05, 4.69) is 0 Å². The minimum Gasteiger partial charge on any atom is -0.480 e. The Labute approximate surface area is 89.3 Å². The van der Waals surface area contributed by atoms with Crippen LogP contribution in [0.15, 0.2) is 0 Å². The molecule has 84 valence electrons. The molecule has 0 aliphatic heterocycles. The van der Waals surface area contributed by atoms with Crippen molar-refractivity contribution in [3.8, 4) is 0 Å². The number of hydrogen-bond donors (Lipinski definition) is 1. The lowest BCUT2D eigenvalue weighted by molar-refractivity contribution is -0.156. The topological polar surface area (TPSA) is 57.6 Å². The summed E-state index contributed by atoms with van der Waals surface area (Å²) in [6.07, 6.45) is 3.25. The lowest BCUT2D eigenvalue weighted by atomic mass is 10.0. The van der Waals surface area contributed by atoms with Crippen molar-refractivity contribution in [2.24, 2.45) is 11.3 Å². The Hall–Kier alpha value is -1.06. The zero-order chi connectivity index (χ0) is 11.4. The monoisotopic (exact) mass is 211 g/mol. The van der Waals surface area contributed by atoms with Gasteiger partial charge in [-0.2, -0.15) is 0 Å². The SMILES string of the molecule is CN(C(=O)C1CC12CC2)C(C)(C)C(=O)O. The summed E-state index contributed by atoms with van der Waals surface area (Å²) in [5, 5.41) is 9.01. The number of carboxylic acids is 1. The Balaban J connectivity index is 2.04. The summed E-state index contributed by atoms with van der Waals surface area (Å²) in [5.74, 6) is -0.857. The minimum atomic E-state index is -1.10. The zero-order valence-corrected chi connectivity index (χ0v) is 9.41. The number of carboxylic acid groups (broad SMARTS) is 1. The van der Waals surface area contributed by atoms with Crippen LogP contribution in [0.25, 0.3) is 0 Å². The average Bonchev–Trinajstić information content (AvgIpc) is 3.05. The number of amides is 1. The van der Waals surface area contributed by atoms with E-state index in [1.165, 1.54) is 4.90 Å². The maximum Gasteiger partial charge on any atom is 0.329 e. The van der Waals surface area contributed by atoms with Crippen LogP contribution >= 0.6 is 0 Å². The molecular weight excluding hydrogens is 194 g/mol. The van der Waals surface area contributed by atoms with Gasteiger partial charge < -0.3 is 10.0 Å². The minimum absolute atomic E-state index is 0.0000926. The van der Waals surface area contributed by atoms with Gasteiger partial charge in [0.2, 0.25) is 5.91 Å². The second-order valence-corrected chi connectivity index (χ2v) is 5.38. The van der Waals surface area contributed by atoms with Gasteiger partial charge in [0.1, 0.15) is 5.54 Å². The molecule has 0 aromatic rings. The summed E-state index contributed by atoms with van der Waals surface area (Å²) < 4.78 is 0. The second kappa shape index (κ2) is 2.74. The fraction of sp³-hybridized carbons (Fsp3) is 0.818. The summed E-state index contributed by atoms with van der Waals surface area (Å²) in [7, 11) is 1.59. The lowest BCUT2D eigenvalue weighted by Crippen LogP contribution is -2.51. The molecule has 1 unspecified atom stereocenters. The van der Waals surface area contributed by atoms with Crippen LogP contribution in [0.2, 0.25) is 0 Å². The smallest absolute Gasteiger partial charge is 0.329 e. The molecule has 2 fully saturated rings. The van der Waals surface area contributed by atoms with Crippen LogP contribution in [-0.4, -0.2) is 34.5 Å². The van der Waals surface area contributed by atoms with Crippen LogP contribution in [0.3, 0.4) is 0 Å². The van der Waals surface area contributed by atoms with Gasteiger partial charge in [-0.1, -0.05) is 0 Å². The van der Waals surface area contributed by atoms with Crippen molar-refractivity contribution >= 4 is 11.9 Å². The molecule has 0 aromatic heterocycles. The first-order valence-corrected chi connectivity index (χ1v) is 5.32. The quantitative estimate of drug-likeness (QED) is 0.760. The molecule has 0 heterocycles. The molecule has 1 N–H and O–H groups in total. The van der Waals surface area contributed by atoms with E-state index < -0.39 is 11.5 Å². The Kier molecular flexibility index (Phi) is 1.91. The van der Waals surface area contributed by atoms with Crippen molar-refractivity contribution in [2.75, 3.05) is 7.05 Å². The first kappa shape index (κ1) is 10.5. The average molecular weight is 211 g/mol. The summed E-state index contributed by atoms with van der Waals surface area (Å²) >= 11 is 0. The molecule has 0 bridgehead atoms. The molecule has 0 radical (unpaired) electrons. The van der Waals surface area contributed by atoms with E-state index in [9.17, 15) is 9.59 Å². The van der Waals surface area contributed by atoms with Gasteiger partial charge in [-0.05, 0) is 38.5 Å². The van der Waals surface area contributed by atoms with E-state index in [0.29, 0.717) is 5.41 Å². The van der Waals surface area contributed by atoms with Crippen molar-refractivity contribution in [1.82, 2.24) is 4.90 Å². The van der Waals surface area contributed by atoms with Gasteiger partial charge in [0.15, 0.2) is 0 Å². The molecule has 2 aliphatic carbocycles. The largest absolute Gasteiger partial charge is 0.480 e. The molecule has 0 aromatic carbocycles. The van der Waals surface area contributed by atoms with E-state index in [1.807, 2.05) is 0 Å². The molecule has 4 heteroatoms. The van der Waals surface area contributed by atoms with Crippen LogP contribution in [0.4, 0.5) is 0 Å². The van der Waals surface area contributed by atoms with Crippen LogP contribution in [-0.2, 0) is 9.59 Å². The second-order valence-electron chi connectivity index (χ2n) is 5.38. The molecule has 2 saturated carbocycles. The van der Waals surface area contributed by atoms with E-state index in [-0.39, 0.29) is 11.8 Å². The highest BCUT2D eigenvalue weighted by atomic mass is 16.4. The van der Waals surface area contributed by atoms with Gasteiger partial charge in [-0.15, -0.1) is 0 Å². The predicted octanol–water partition coefficient (Wildman–Crippen LogP) is 1.11. The predicted molar refractivity (Wildman–Crippen MR) is 54.3 cm³/mol. The zero-order valence-electron chi connectivity index (χ0n) is 9.41. The highest BCUT2D eigenvalue weighted by Gasteiger charge is 2.66. The third kappa shape index (κ3) is 1.43. The van der Waals surface area contributed by atoms with Crippen molar-refractivity contribution in [3.63, 3.8) is 0 Å². The summed E-state index contributed by atoms with van der Waals surface area (Å²) in [4.78, 5) is 24.3. The fourth-order valence-electron chi connectivity index (χ4n) is 2.06. The highest BCUT2D eigenvalue weighted by Crippen LogP contribution is 2.71. The number of hydrogen-bond acceptors (Lipinski definition) is 2. The van der Waals surface area contributed by atoms with E-state index in [1.54, 1.807) is 20.9 Å². The maximum atomic E-state index is 12.0. The van der Waals surface area contributed by atoms with Crippen LogP contribution in [0.1, 0.15) is 33.1 Å². The number of nitrogens with zero attached hydrogens (tertiary/aromatic N) is 1. The number of likely N-dealkylation sites (N-methyl/N-ethyl adjacent to an activating group) is 1. The van der Waals surface area contributed by atoms with Crippen molar-refractivity contribution < 1.29 is 14.7 Å². The van der Waals surface area contributed by atoms with Crippen LogP contribution in [0, 0.1) is 11.3 Å². The molecule has 1 amide bonds. The normalized spacial score (nSPS) is 26.2. The van der Waals surface area contributed by atoms with Gasteiger partial charge in [-0.3, -0.25) is 4.79 Å². The van der Waals surface area contributed by atoms with Crippen molar-refractivity contribution in [3.05, 3.63) is 0 Å². The first-order chi connectivity index (χ1) is 6.81. The number of carbonyl (C=O) groups excluding carboxylic acids is 1. The molecular formula is C11H17NO3. The van der Waals surface area contributed by atoms with Gasteiger partial charge >= 0.3 is 5.97 Å². The highest BCUT2D eigenvalue weighted by molar-refractivity contribution is 5.89. The van der Waals surface area contributed by atoms with Gasteiger partial charge in [0.05, 0.1) is 0 Å². The molecule has 0 saturated heterocycles. The van der Waals surface area contributed by atoms with E-state index >= 15 is 0 Å². The Morgan fingerprint density at radius 1 is 1.40 bits per heavy atom. The van der Waals surface area contributed by atoms with Gasteiger partial charge in [0, 0.05) is 13.0 Å². The first-order valence-electron chi connectivity index (χ1n) is 5.32. The van der Waals surface area contributed by atoms with E-state index in [4.69, 9.17) is 5.11 Å². The Bertz CT molecular complexity index is 331. The standard InChI is InChI=1S/C11H17NO3/c1-10(2,9(14)15)12(3)8(13)7-6-11(7)4-5-11/h7H,4-6H2,1-3H3,(H,14,15). The third-order valence-electron chi connectivity index (χ3n) is 4.07. The van der Waals surface area contributed by atoms with Crippen LogP contribution in [0.5, 0.6) is 0 Å².